The number of hydrogen-bond acceptors (Lipinski definition) is 4. The molecule has 1 N–H and O–H groups in total. The molecule has 1 fully saturated rings. The van der Waals surface area contributed by atoms with E-state index in [2.05, 4.69) is 50.9 Å². The fourth-order valence-corrected chi connectivity index (χ4v) is 5.07. The van der Waals surface area contributed by atoms with E-state index >= 15 is 0 Å². The van der Waals surface area contributed by atoms with Crippen molar-refractivity contribution >= 4 is 22.3 Å². The molecule has 0 amide bonds. The van der Waals surface area contributed by atoms with Crippen LogP contribution in [0.25, 0.3) is 10.9 Å². The summed E-state index contributed by atoms with van der Waals surface area (Å²) in [6.07, 6.45) is 4.05. The predicted molar refractivity (Wildman–Crippen MR) is 147 cm³/mol. The summed E-state index contributed by atoms with van der Waals surface area (Å²) in [6, 6.07) is 19.5. The van der Waals surface area contributed by atoms with Crippen molar-refractivity contribution < 1.29 is 9.13 Å². The summed E-state index contributed by atoms with van der Waals surface area (Å²) in [5.74, 6) is 1.58. The lowest BCUT2D eigenvalue weighted by Gasteiger charge is -2.37. The fourth-order valence-electron chi connectivity index (χ4n) is 5.07. The maximum Gasteiger partial charge on any atom is 0.132 e. The largest absolute Gasteiger partial charge is 0.457 e. The Morgan fingerprint density at radius 2 is 1.78 bits per heavy atom. The Labute approximate surface area is 213 Å². The SMILES string of the molecule is Cc1c(Oc2cccc(N(C)C)c2)cccc1N1CCN(CCCc2c[nH]c3ccc(F)cc23)CC1. The average molecular weight is 487 g/mol. The molecule has 0 unspecified atom stereocenters. The number of hydrogen-bond donors (Lipinski definition) is 1. The number of aryl methyl sites for hydroxylation is 1. The Hall–Kier alpha value is -3.51. The van der Waals surface area contributed by atoms with Crippen molar-refractivity contribution in [2.24, 2.45) is 0 Å². The zero-order valence-corrected chi connectivity index (χ0v) is 21.4. The second-order valence-corrected chi connectivity index (χ2v) is 9.83. The molecule has 3 aromatic carbocycles. The van der Waals surface area contributed by atoms with E-state index in [1.54, 1.807) is 6.07 Å². The van der Waals surface area contributed by atoms with Crippen molar-refractivity contribution in [2.75, 3.05) is 56.6 Å². The van der Waals surface area contributed by atoms with Gasteiger partial charge in [-0.2, -0.15) is 0 Å². The van der Waals surface area contributed by atoms with Crippen molar-refractivity contribution in [3.8, 4) is 11.5 Å². The van der Waals surface area contributed by atoms with E-state index in [-0.39, 0.29) is 5.82 Å². The number of anilines is 2. The molecule has 5 rings (SSSR count). The number of benzene rings is 3. The molecule has 0 spiro atoms. The molecule has 5 nitrogen and oxygen atoms in total. The summed E-state index contributed by atoms with van der Waals surface area (Å²) >= 11 is 0. The van der Waals surface area contributed by atoms with Crippen molar-refractivity contribution in [2.45, 2.75) is 19.8 Å². The molecule has 2 heterocycles. The smallest absolute Gasteiger partial charge is 0.132 e. The van der Waals surface area contributed by atoms with Gasteiger partial charge in [-0.25, -0.2) is 4.39 Å². The molecule has 188 valence electrons. The van der Waals surface area contributed by atoms with Gasteiger partial charge in [0, 0.05) is 80.4 Å². The molecule has 6 heteroatoms. The monoisotopic (exact) mass is 486 g/mol. The lowest BCUT2D eigenvalue weighted by Crippen LogP contribution is -2.46. The number of rotatable bonds is 8. The Morgan fingerprint density at radius 3 is 2.58 bits per heavy atom. The lowest BCUT2D eigenvalue weighted by molar-refractivity contribution is 0.255. The van der Waals surface area contributed by atoms with Crippen molar-refractivity contribution in [1.29, 1.82) is 0 Å². The van der Waals surface area contributed by atoms with E-state index in [1.165, 1.54) is 22.9 Å². The fraction of sp³-hybridized carbons (Fsp3) is 0.333. The third-order valence-corrected chi connectivity index (χ3v) is 7.18. The second-order valence-electron chi connectivity index (χ2n) is 9.83. The van der Waals surface area contributed by atoms with Crippen LogP contribution in [0.15, 0.2) is 66.9 Å². The van der Waals surface area contributed by atoms with E-state index in [0.29, 0.717) is 0 Å². The molecular weight excluding hydrogens is 451 g/mol. The Morgan fingerprint density at radius 1 is 0.972 bits per heavy atom. The molecule has 4 aromatic rings. The Bertz CT molecular complexity index is 1320. The van der Waals surface area contributed by atoms with Crippen LogP contribution in [0, 0.1) is 12.7 Å². The first kappa shape index (κ1) is 24.2. The van der Waals surface area contributed by atoms with Crippen LogP contribution in [-0.2, 0) is 6.42 Å². The Balaban J connectivity index is 1.16. The van der Waals surface area contributed by atoms with E-state index < -0.39 is 0 Å². The highest BCUT2D eigenvalue weighted by Gasteiger charge is 2.20. The van der Waals surface area contributed by atoms with Gasteiger partial charge in [-0.1, -0.05) is 12.1 Å². The van der Waals surface area contributed by atoms with Crippen LogP contribution >= 0.6 is 0 Å². The van der Waals surface area contributed by atoms with E-state index in [4.69, 9.17) is 4.74 Å². The molecule has 1 aromatic heterocycles. The summed E-state index contributed by atoms with van der Waals surface area (Å²) in [5, 5.41) is 1.01. The zero-order valence-electron chi connectivity index (χ0n) is 21.4. The second kappa shape index (κ2) is 10.6. The highest BCUT2D eigenvalue weighted by Crippen LogP contribution is 2.33. The maximum atomic E-state index is 13.7. The number of nitrogens with zero attached hydrogens (tertiary/aromatic N) is 3. The summed E-state index contributed by atoms with van der Waals surface area (Å²) < 4.78 is 19.9. The van der Waals surface area contributed by atoms with E-state index in [1.807, 2.05) is 44.6 Å². The number of ether oxygens (including phenoxy) is 1. The molecule has 0 radical (unpaired) electrons. The highest BCUT2D eigenvalue weighted by atomic mass is 19.1. The molecule has 0 atom stereocenters. The van der Waals surface area contributed by atoms with Crippen LogP contribution in [-0.4, -0.2) is 56.7 Å². The molecule has 0 saturated carbocycles. The number of piperazine rings is 1. The zero-order chi connectivity index (χ0) is 25.1. The topological polar surface area (TPSA) is 34.7 Å². The van der Waals surface area contributed by atoms with Gasteiger partial charge in [0.05, 0.1) is 0 Å². The molecule has 1 aliphatic rings. The quantitative estimate of drug-likeness (QED) is 0.320. The molecule has 0 bridgehead atoms. The number of aromatic amines is 1. The van der Waals surface area contributed by atoms with Crippen LogP contribution in [0.2, 0.25) is 0 Å². The van der Waals surface area contributed by atoms with Crippen LogP contribution in [0.1, 0.15) is 17.5 Å². The first-order valence-electron chi connectivity index (χ1n) is 12.8. The first-order chi connectivity index (χ1) is 17.5. The summed E-state index contributed by atoms with van der Waals surface area (Å²) in [6.45, 7) is 7.28. The van der Waals surface area contributed by atoms with Gasteiger partial charge in [0.1, 0.15) is 17.3 Å². The Kier molecular flexibility index (Phi) is 7.14. The predicted octanol–water partition coefficient (Wildman–Crippen LogP) is 6.23. The average Bonchev–Trinajstić information content (AvgIpc) is 3.28. The minimum Gasteiger partial charge on any atom is -0.457 e. The van der Waals surface area contributed by atoms with Crippen molar-refractivity contribution in [1.82, 2.24) is 9.88 Å². The van der Waals surface area contributed by atoms with Crippen LogP contribution in [0.3, 0.4) is 0 Å². The van der Waals surface area contributed by atoms with Crippen LogP contribution in [0.4, 0.5) is 15.8 Å². The molecule has 1 aliphatic heterocycles. The molecule has 0 aliphatic carbocycles. The standard InChI is InChI=1S/C30H35FN4O/c1-22-29(10-5-11-30(22)36-26-9-4-8-25(20-26)33(2)3)35-17-15-34(16-18-35)14-6-7-23-21-32-28-13-12-24(31)19-27(23)28/h4-5,8-13,19-21,32H,6-7,14-18H2,1-3H3. The van der Waals surface area contributed by atoms with Gasteiger partial charge < -0.3 is 19.5 Å². The summed E-state index contributed by atoms with van der Waals surface area (Å²) in [7, 11) is 4.07. The maximum absolute atomic E-state index is 13.7. The number of nitrogens with one attached hydrogen (secondary N) is 1. The minimum atomic E-state index is -0.175. The highest BCUT2D eigenvalue weighted by molar-refractivity contribution is 5.83. The lowest BCUT2D eigenvalue weighted by atomic mass is 10.1. The van der Waals surface area contributed by atoms with Gasteiger partial charge in [0.25, 0.3) is 0 Å². The van der Waals surface area contributed by atoms with Gasteiger partial charge >= 0.3 is 0 Å². The third kappa shape index (κ3) is 5.34. The number of halogens is 1. The van der Waals surface area contributed by atoms with Crippen molar-refractivity contribution in [3.63, 3.8) is 0 Å². The molecule has 36 heavy (non-hydrogen) atoms. The summed E-state index contributed by atoms with van der Waals surface area (Å²) in [4.78, 5) is 10.3. The van der Waals surface area contributed by atoms with Crippen molar-refractivity contribution in [3.05, 3.63) is 83.8 Å². The van der Waals surface area contributed by atoms with Gasteiger partial charge in [0.15, 0.2) is 0 Å². The normalized spacial score (nSPS) is 14.4. The number of H-pyrrole nitrogens is 1. The van der Waals surface area contributed by atoms with Crippen LogP contribution in [0.5, 0.6) is 11.5 Å². The first-order valence-corrected chi connectivity index (χ1v) is 12.8. The number of fused-ring (bicyclic) bond motifs is 1. The van der Waals surface area contributed by atoms with E-state index in [0.717, 1.165) is 73.7 Å². The van der Waals surface area contributed by atoms with Crippen LogP contribution < -0.4 is 14.5 Å². The van der Waals surface area contributed by atoms with Gasteiger partial charge in [-0.15, -0.1) is 0 Å². The van der Waals surface area contributed by atoms with Gasteiger partial charge in [0.2, 0.25) is 0 Å². The minimum absolute atomic E-state index is 0.175. The number of aromatic nitrogens is 1. The molecule has 1 saturated heterocycles. The van der Waals surface area contributed by atoms with E-state index in [9.17, 15) is 4.39 Å². The third-order valence-electron chi connectivity index (χ3n) is 7.18. The molecular formula is C30H35FN4O. The van der Waals surface area contributed by atoms with Gasteiger partial charge in [-0.3, -0.25) is 4.90 Å². The summed E-state index contributed by atoms with van der Waals surface area (Å²) in [5.41, 5.74) is 5.75. The van der Waals surface area contributed by atoms with Gasteiger partial charge in [-0.05, 0) is 74.3 Å².